The summed E-state index contributed by atoms with van der Waals surface area (Å²) in [6.45, 7) is 1.96. The summed E-state index contributed by atoms with van der Waals surface area (Å²) < 4.78 is 4.79. The minimum atomic E-state index is -0.377. The predicted octanol–water partition coefficient (Wildman–Crippen LogP) is 0.535. The highest BCUT2D eigenvalue weighted by Gasteiger charge is 2.05. The second-order valence-corrected chi connectivity index (χ2v) is 2.58. The van der Waals surface area contributed by atoms with Gasteiger partial charge in [-0.05, 0) is 6.92 Å². The van der Waals surface area contributed by atoms with Crippen molar-refractivity contribution in [2.75, 3.05) is 7.11 Å². The zero-order valence-corrected chi connectivity index (χ0v) is 7.05. The average Bonchev–Trinajstić information content (AvgIpc) is 2.00. The summed E-state index contributed by atoms with van der Waals surface area (Å²) in [6, 6.07) is 1.34. The number of aryl methyl sites for hydroxylation is 1. The lowest BCUT2D eigenvalue weighted by Crippen LogP contribution is -2.06. The van der Waals surface area contributed by atoms with Gasteiger partial charge in [0, 0.05) is 18.9 Å². The molecule has 0 bridgehead atoms. The van der Waals surface area contributed by atoms with Gasteiger partial charge in [-0.15, -0.1) is 0 Å². The summed E-state index contributed by atoms with van der Waals surface area (Å²) in [5.41, 5.74) is 0.755. The smallest absolute Gasteiger partial charge is 0.223 e. The zero-order chi connectivity index (χ0) is 9.14. The van der Waals surface area contributed by atoms with Crippen LogP contribution >= 0.6 is 0 Å². The third-order valence-electron chi connectivity index (χ3n) is 1.50. The number of aromatic nitrogens is 1. The maximum atomic E-state index is 11.0. The fourth-order valence-corrected chi connectivity index (χ4v) is 0.996. The molecule has 0 spiro atoms. The molecule has 12 heavy (non-hydrogen) atoms. The van der Waals surface area contributed by atoms with E-state index in [2.05, 4.69) is 4.98 Å². The van der Waals surface area contributed by atoms with Crippen molar-refractivity contribution in [3.05, 3.63) is 27.7 Å². The molecule has 4 heteroatoms. The van der Waals surface area contributed by atoms with E-state index < -0.39 is 0 Å². The number of nitrogens with one attached hydrogen (secondary N) is 1. The highest BCUT2D eigenvalue weighted by molar-refractivity contribution is 5.27. The fourth-order valence-electron chi connectivity index (χ4n) is 0.996. The molecule has 0 atom stereocenters. The van der Waals surface area contributed by atoms with Crippen LogP contribution in [0.15, 0.2) is 10.9 Å². The molecule has 0 fully saturated rings. The van der Waals surface area contributed by atoms with E-state index in [1.165, 1.54) is 13.2 Å². The summed E-state index contributed by atoms with van der Waals surface area (Å²) >= 11 is 0. The normalized spacial score (nSPS) is 10.2. The molecule has 4 nitrogen and oxygen atoms in total. The third kappa shape index (κ3) is 1.65. The minimum absolute atomic E-state index is 0.211. The van der Waals surface area contributed by atoms with E-state index in [1.807, 2.05) is 0 Å². The first kappa shape index (κ1) is 8.80. The van der Waals surface area contributed by atoms with Gasteiger partial charge in [-0.3, -0.25) is 4.79 Å². The molecular formula is C8H11NO3. The highest BCUT2D eigenvalue weighted by atomic mass is 16.5. The second-order valence-electron chi connectivity index (χ2n) is 2.58. The molecule has 0 aliphatic heterocycles. The number of rotatable bonds is 2. The van der Waals surface area contributed by atoms with Gasteiger partial charge >= 0.3 is 0 Å². The van der Waals surface area contributed by atoms with Crippen LogP contribution in [0.4, 0.5) is 0 Å². The quantitative estimate of drug-likeness (QED) is 0.679. The third-order valence-corrected chi connectivity index (χ3v) is 1.50. The van der Waals surface area contributed by atoms with Gasteiger partial charge in [-0.2, -0.15) is 0 Å². The molecule has 0 amide bonds. The first-order valence-electron chi connectivity index (χ1n) is 3.56. The van der Waals surface area contributed by atoms with Crippen LogP contribution in [-0.4, -0.2) is 17.2 Å². The maximum absolute atomic E-state index is 11.0. The number of hydrogen-bond donors (Lipinski definition) is 2. The average molecular weight is 169 g/mol. The summed E-state index contributed by atoms with van der Waals surface area (Å²) in [4.78, 5) is 13.9. The molecule has 0 aliphatic carbocycles. The Labute approximate surface area is 69.8 Å². The summed E-state index contributed by atoms with van der Waals surface area (Å²) in [6.07, 6.45) is 0. The van der Waals surface area contributed by atoms with Crippen molar-refractivity contribution < 1.29 is 9.84 Å². The number of ether oxygens (including phenoxy) is 1. The number of aromatic hydroxyl groups is 1. The largest absolute Gasteiger partial charge is 0.503 e. The van der Waals surface area contributed by atoms with Crippen LogP contribution in [0, 0.1) is 6.92 Å². The molecule has 0 aromatic carbocycles. The molecule has 0 saturated carbocycles. The molecule has 1 heterocycles. The van der Waals surface area contributed by atoms with E-state index in [4.69, 9.17) is 4.74 Å². The summed E-state index contributed by atoms with van der Waals surface area (Å²) in [5, 5.41) is 9.23. The Bertz CT molecular complexity index is 330. The molecule has 66 valence electrons. The van der Waals surface area contributed by atoms with Gasteiger partial charge in [0.1, 0.15) is 0 Å². The maximum Gasteiger partial charge on any atom is 0.223 e. The molecule has 1 aromatic heterocycles. The van der Waals surface area contributed by atoms with Crippen LogP contribution in [-0.2, 0) is 11.3 Å². The molecule has 0 unspecified atom stereocenters. The van der Waals surface area contributed by atoms with Gasteiger partial charge in [0.15, 0.2) is 5.75 Å². The van der Waals surface area contributed by atoms with Crippen LogP contribution in [0.3, 0.4) is 0 Å². The van der Waals surface area contributed by atoms with Gasteiger partial charge in [0.2, 0.25) is 5.43 Å². The summed E-state index contributed by atoms with van der Waals surface area (Å²) in [5.74, 6) is -0.262. The van der Waals surface area contributed by atoms with Gasteiger partial charge in [-0.1, -0.05) is 0 Å². The summed E-state index contributed by atoms with van der Waals surface area (Å²) in [7, 11) is 1.50. The van der Waals surface area contributed by atoms with Crippen molar-refractivity contribution in [3.8, 4) is 5.75 Å². The lowest BCUT2D eigenvalue weighted by Gasteiger charge is -2.03. The van der Waals surface area contributed by atoms with Crippen molar-refractivity contribution in [2.24, 2.45) is 0 Å². The van der Waals surface area contributed by atoms with Gasteiger partial charge in [0.25, 0.3) is 0 Å². The van der Waals surface area contributed by atoms with Crippen LogP contribution in [0.2, 0.25) is 0 Å². The lowest BCUT2D eigenvalue weighted by atomic mass is 10.3. The Morgan fingerprint density at radius 1 is 1.67 bits per heavy atom. The molecule has 0 radical (unpaired) electrons. The van der Waals surface area contributed by atoms with E-state index in [-0.39, 0.29) is 17.8 Å². The molecule has 1 rings (SSSR count). The van der Waals surface area contributed by atoms with Crippen molar-refractivity contribution in [1.29, 1.82) is 0 Å². The highest BCUT2D eigenvalue weighted by Crippen LogP contribution is 2.09. The van der Waals surface area contributed by atoms with Crippen molar-refractivity contribution in [1.82, 2.24) is 4.98 Å². The van der Waals surface area contributed by atoms with Gasteiger partial charge < -0.3 is 14.8 Å². The van der Waals surface area contributed by atoms with Crippen LogP contribution in [0.5, 0.6) is 5.75 Å². The lowest BCUT2D eigenvalue weighted by molar-refractivity contribution is 0.178. The molecule has 0 aliphatic rings. The van der Waals surface area contributed by atoms with Crippen LogP contribution in [0.25, 0.3) is 0 Å². The van der Waals surface area contributed by atoms with Gasteiger partial charge in [-0.25, -0.2) is 0 Å². The predicted molar refractivity (Wildman–Crippen MR) is 44.2 cm³/mol. The van der Waals surface area contributed by atoms with E-state index >= 15 is 0 Å². The Balaban J connectivity index is 3.18. The van der Waals surface area contributed by atoms with E-state index in [0.29, 0.717) is 11.4 Å². The number of pyridine rings is 1. The topological polar surface area (TPSA) is 62.3 Å². The van der Waals surface area contributed by atoms with Gasteiger partial charge in [0.05, 0.1) is 12.3 Å². The van der Waals surface area contributed by atoms with E-state index in [9.17, 15) is 9.90 Å². The van der Waals surface area contributed by atoms with Crippen molar-refractivity contribution in [3.63, 3.8) is 0 Å². The molecule has 0 saturated heterocycles. The Hall–Kier alpha value is -1.29. The first-order chi connectivity index (χ1) is 5.65. The SMILES string of the molecule is COCc1[nH]c(C)cc(=O)c1O. The van der Waals surface area contributed by atoms with Crippen LogP contribution in [0.1, 0.15) is 11.4 Å². The number of aromatic amines is 1. The molecule has 2 N–H and O–H groups in total. The zero-order valence-electron chi connectivity index (χ0n) is 7.05. The number of hydrogen-bond acceptors (Lipinski definition) is 3. The monoisotopic (exact) mass is 169 g/mol. The standard InChI is InChI=1S/C8H11NO3/c1-5-3-7(10)8(11)6(9-5)4-12-2/h3,11H,4H2,1-2H3,(H,9,10). The number of H-pyrrole nitrogens is 1. The number of methoxy groups -OCH3 is 1. The molecular weight excluding hydrogens is 158 g/mol. The van der Waals surface area contributed by atoms with Crippen molar-refractivity contribution in [2.45, 2.75) is 13.5 Å². The Morgan fingerprint density at radius 3 is 2.92 bits per heavy atom. The van der Waals surface area contributed by atoms with Crippen molar-refractivity contribution >= 4 is 0 Å². The second kappa shape index (κ2) is 3.40. The minimum Gasteiger partial charge on any atom is -0.503 e. The van der Waals surface area contributed by atoms with Crippen LogP contribution < -0.4 is 5.43 Å². The molecule has 1 aromatic rings. The first-order valence-corrected chi connectivity index (χ1v) is 3.56. The van der Waals surface area contributed by atoms with E-state index in [0.717, 1.165) is 0 Å². The Morgan fingerprint density at radius 2 is 2.33 bits per heavy atom. The fraction of sp³-hybridized carbons (Fsp3) is 0.375. The Kier molecular flexibility index (Phi) is 2.50. The van der Waals surface area contributed by atoms with E-state index in [1.54, 1.807) is 6.92 Å².